The van der Waals surface area contributed by atoms with E-state index in [1.165, 1.54) is 5.56 Å². The first-order valence-electron chi connectivity index (χ1n) is 6.94. The molecule has 0 fully saturated rings. The molecule has 1 aromatic carbocycles. The Morgan fingerprint density at radius 3 is 2.00 bits per heavy atom. The predicted octanol–water partition coefficient (Wildman–Crippen LogP) is 4.02. The van der Waals surface area contributed by atoms with Crippen LogP contribution < -0.4 is 5.73 Å². The highest BCUT2D eigenvalue weighted by Crippen LogP contribution is 2.30. The topological polar surface area (TPSA) is 35.2 Å². The monoisotopic (exact) mass is 249 g/mol. The third kappa shape index (κ3) is 3.33. The fourth-order valence-electron chi connectivity index (χ4n) is 2.18. The standard InChI is InChI=1S/C16H27NO/c1-6-16(5,18-7-2)15(17)14-10-8-13(9-11-14)12(3)4/h8-12,15H,6-7,17H2,1-5H3. The summed E-state index contributed by atoms with van der Waals surface area (Å²) in [7, 11) is 0. The van der Waals surface area contributed by atoms with Crippen LogP contribution in [0.5, 0.6) is 0 Å². The van der Waals surface area contributed by atoms with Crippen molar-refractivity contribution < 1.29 is 4.74 Å². The number of ether oxygens (including phenoxy) is 1. The first-order valence-corrected chi connectivity index (χ1v) is 6.94. The summed E-state index contributed by atoms with van der Waals surface area (Å²) in [6, 6.07) is 8.52. The van der Waals surface area contributed by atoms with Gasteiger partial charge in [-0.3, -0.25) is 0 Å². The fourth-order valence-corrected chi connectivity index (χ4v) is 2.18. The fraction of sp³-hybridized carbons (Fsp3) is 0.625. The third-order valence-electron chi connectivity index (χ3n) is 3.80. The molecule has 18 heavy (non-hydrogen) atoms. The summed E-state index contributed by atoms with van der Waals surface area (Å²) < 4.78 is 5.85. The highest BCUT2D eigenvalue weighted by Gasteiger charge is 2.31. The average Bonchev–Trinajstić information content (AvgIpc) is 2.38. The molecule has 2 atom stereocenters. The van der Waals surface area contributed by atoms with E-state index in [1.807, 2.05) is 6.92 Å². The highest BCUT2D eigenvalue weighted by atomic mass is 16.5. The minimum atomic E-state index is -0.284. The van der Waals surface area contributed by atoms with Gasteiger partial charge in [0, 0.05) is 6.61 Å². The molecular formula is C16H27NO. The summed E-state index contributed by atoms with van der Waals surface area (Å²) in [5.74, 6) is 0.555. The second kappa shape index (κ2) is 6.35. The summed E-state index contributed by atoms with van der Waals surface area (Å²) in [6.07, 6.45) is 0.911. The van der Waals surface area contributed by atoms with Crippen LogP contribution in [0.25, 0.3) is 0 Å². The van der Waals surface area contributed by atoms with Crippen molar-refractivity contribution in [1.29, 1.82) is 0 Å². The van der Waals surface area contributed by atoms with Crippen molar-refractivity contribution in [3.8, 4) is 0 Å². The van der Waals surface area contributed by atoms with Crippen LogP contribution in [0.3, 0.4) is 0 Å². The molecule has 0 spiro atoms. The highest BCUT2D eigenvalue weighted by molar-refractivity contribution is 5.28. The summed E-state index contributed by atoms with van der Waals surface area (Å²) in [6.45, 7) is 11.3. The molecule has 1 rings (SSSR count). The van der Waals surface area contributed by atoms with Crippen molar-refractivity contribution in [3.63, 3.8) is 0 Å². The molecule has 0 saturated heterocycles. The van der Waals surface area contributed by atoms with E-state index in [0.29, 0.717) is 12.5 Å². The van der Waals surface area contributed by atoms with E-state index in [4.69, 9.17) is 10.5 Å². The first-order chi connectivity index (χ1) is 8.44. The van der Waals surface area contributed by atoms with E-state index in [0.717, 1.165) is 12.0 Å². The number of benzene rings is 1. The Morgan fingerprint density at radius 2 is 1.61 bits per heavy atom. The van der Waals surface area contributed by atoms with Crippen molar-refractivity contribution in [1.82, 2.24) is 0 Å². The van der Waals surface area contributed by atoms with E-state index in [1.54, 1.807) is 0 Å². The maximum atomic E-state index is 6.37. The molecule has 2 nitrogen and oxygen atoms in total. The zero-order valence-electron chi connectivity index (χ0n) is 12.4. The van der Waals surface area contributed by atoms with E-state index in [9.17, 15) is 0 Å². The van der Waals surface area contributed by atoms with Crippen LogP contribution in [-0.4, -0.2) is 12.2 Å². The Balaban J connectivity index is 2.91. The van der Waals surface area contributed by atoms with Crippen LogP contribution >= 0.6 is 0 Å². The molecule has 0 amide bonds. The molecule has 0 aliphatic carbocycles. The zero-order valence-corrected chi connectivity index (χ0v) is 12.4. The maximum absolute atomic E-state index is 6.37. The SMILES string of the molecule is CCOC(C)(CC)C(N)c1ccc(C(C)C)cc1. The van der Waals surface area contributed by atoms with Crippen molar-refractivity contribution in [3.05, 3.63) is 35.4 Å². The Morgan fingerprint density at radius 1 is 1.11 bits per heavy atom. The van der Waals surface area contributed by atoms with Gasteiger partial charge in [-0.1, -0.05) is 45.0 Å². The number of hydrogen-bond donors (Lipinski definition) is 1. The Hall–Kier alpha value is -0.860. The minimum Gasteiger partial charge on any atom is -0.374 e. The summed E-state index contributed by atoms with van der Waals surface area (Å²) >= 11 is 0. The molecule has 0 heterocycles. The van der Waals surface area contributed by atoms with Crippen molar-refractivity contribution in [2.24, 2.45) is 5.73 Å². The molecule has 0 radical (unpaired) electrons. The van der Waals surface area contributed by atoms with Gasteiger partial charge in [-0.25, -0.2) is 0 Å². The smallest absolute Gasteiger partial charge is 0.0843 e. The average molecular weight is 249 g/mol. The largest absolute Gasteiger partial charge is 0.374 e. The van der Waals surface area contributed by atoms with Gasteiger partial charge in [-0.05, 0) is 37.3 Å². The Kier molecular flexibility index (Phi) is 5.36. The van der Waals surface area contributed by atoms with E-state index < -0.39 is 0 Å². The molecule has 2 unspecified atom stereocenters. The second-order valence-electron chi connectivity index (χ2n) is 5.40. The molecule has 0 saturated carbocycles. The lowest BCUT2D eigenvalue weighted by atomic mass is 9.87. The molecule has 0 aromatic heterocycles. The zero-order chi connectivity index (χ0) is 13.8. The first kappa shape index (κ1) is 15.2. The van der Waals surface area contributed by atoms with Crippen molar-refractivity contribution in [2.75, 3.05) is 6.61 Å². The van der Waals surface area contributed by atoms with Gasteiger partial charge in [0.1, 0.15) is 0 Å². The minimum absolute atomic E-state index is 0.0799. The number of nitrogens with two attached hydrogens (primary N) is 1. The van der Waals surface area contributed by atoms with E-state index in [2.05, 4.69) is 52.0 Å². The van der Waals surface area contributed by atoms with Gasteiger partial charge >= 0.3 is 0 Å². The van der Waals surface area contributed by atoms with Gasteiger partial charge < -0.3 is 10.5 Å². The molecule has 102 valence electrons. The van der Waals surface area contributed by atoms with Gasteiger partial charge in [-0.2, -0.15) is 0 Å². The Labute approximate surface area is 112 Å². The lowest BCUT2D eigenvalue weighted by Gasteiger charge is -2.34. The van der Waals surface area contributed by atoms with Gasteiger partial charge in [0.2, 0.25) is 0 Å². The number of hydrogen-bond acceptors (Lipinski definition) is 2. The van der Waals surface area contributed by atoms with Crippen LogP contribution in [0.1, 0.15) is 64.1 Å². The lowest BCUT2D eigenvalue weighted by Crippen LogP contribution is -2.40. The molecule has 2 N–H and O–H groups in total. The number of rotatable bonds is 6. The van der Waals surface area contributed by atoms with Crippen LogP contribution in [0.2, 0.25) is 0 Å². The molecular weight excluding hydrogens is 222 g/mol. The summed E-state index contributed by atoms with van der Waals surface area (Å²) in [4.78, 5) is 0. The van der Waals surface area contributed by atoms with Crippen LogP contribution in [0, 0.1) is 0 Å². The van der Waals surface area contributed by atoms with Gasteiger partial charge in [0.15, 0.2) is 0 Å². The van der Waals surface area contributed by atoms with Crippen LogP contribution in [0.15, 0.2) is 24.3 Å². The molecule has 1 aromatic rings. The van der Waals surface area contributed by atoms with Crippen molar-refractivity contribution in [2.45, 2.75) is 58.6 Å². The summed E-state index contributed by atoms with van der Waals surface area (Å²) in [5, 5.41) is 0. The van der Waals surface area contributed by atoms with Crippen LogP contribution in [-0.2, 0) is 4.74 Å². The molecule has 0 aliphatic rings. The normalized spacial score (nSPS) is 16.6. The van der Waals surface area contributed by atoms with Gasteiger partial charge in [0.05, 0.1) is 11.6 Å². The second-order valence-corrected chi connectivity index (χ2v) is 5.40. The third-order valence-corrected chi connectivity index (χ3v) is 3.80. The van der Waals surface area contributed by atoms with Gasteiger partial charge in [0.25, 0.3) is 0 Å². The maximum Gasteiger partial charge on any atom is 0.0843 e. The molecule has 0 aliphatic heterocycles. The molecule has 2 heteroatoms. The van der Waals surface area contributed by atoms with Gasteiger partial charge in [-0.15, -0.1) is 0 Å². The van der Waals surface area contributed by atoms with Crippen LogP contribution in [0.4, 0.5) is 0 Å². The lowest BCUT2D eigenvalue weighted by molar-refractivity contribution is -0.0472. The van der Waals surface area contributed by atoms with Crippen molar-refractivity contribution >= 4 is 0 Å². The summed E-state index contributed by atoms with van der Waals surface area (Å²) in [5.41, 5.74) is 8.59. The van der Waals surface area contributed by atoms with E-state index >= 15 is 0 Å². The van der Waals surface area contributed by atoms with E-state index in [-0.39, 0.29) is 11.6 Å². The predicted molar refractivity (Wildman–Crippen MR) is 77.8 cm³/mol. The Bertz CT molecular complexity index is 358. The molecule has 0 bridgehead atoms. The quantitative estimate of drug-likeness (QED) is 0.826.